The first-order valence-electron chi connectivity index (χ1n) is 3.43. The number of likely N-dealkylation sites (N-methyl/N-ethyl adjacent to an activating group) is 1. The van der Waals surface area contributed by atoms with E-state index in [0.29, 0.717) is 0 Å². The van der Waals surface area contributed by atoms with Crippen LogP contribution < -0.4 is 5.32 Å². The number of amides is 1. The molecule has 0 aromatic heterocycles. The Balaban J connectivity index is 2.16. The predicted octanol–water partition coefficient (Wildman–Crippen LogP) is -0.591. The molecule has 0 bridgehead atoms. The van der Waals surface area contributed by atoms with Gasteiger partial charge in [0.1, 0.15) is 6.10 Å². The molecule has 1 N–H and O–H groups in total. The van der Waals surface area contributed by atoms with Gasteiger partial charge in [0.25, 0.3) is 0 Å². The third kappa shape index (κ3) is 0.623. The highest BCUT2D eigenvalue weighted by Crippen LogP contribution is 2.19. The second kappa shape index (κ2) is 1.85. The minimum Gasteiger partial charge on any atom is -0.442 e. The van der Waals surface area contributed by atoms with Crippen molar-refractivity contribution in [3.63, 3.8) is 0 Å². The molecule has 0 aromatic rings. The molecule has 0 aliphatic carbocycles. The van der Waals surface area contributed by atoms with Crippen LogP contribution in [0.1, 0.15) is 0 Å². The van der Waals surface area contributed by atoms with Crippen LogP contribution in [0.15, 0.2) is 0 Å². The molecular formula is C6H10N2O2. The van der Waals surface area contributed by atoms with Gasteiger partial charge in [0.2, 0.25) is 0 Å². The molecule has 4 heteroatoms. The molecule has 2 rings (SSSR count). The number of rotatable bonds is 0. The lowest BCUT2D eigenvalue weighted by atomic mass is 10.2. The van der Waals surface area contributed by atoms with Gasteiger partial charge in [0, 0.05) is 20.1 Å². The van der Waals surface area contributed by atoms with E-state index in [2.05, 4.69) is 5.32 Å². The third-order valence-corrected chi connectivity index (χ3v) is 2.17. The topological polar surface area (TPSA) is 41.6 Å². The number of nitrogens with one attached hydrogen (secondary N) is 1. The van der Waals surface area contributed by atoms with Crippen molar-refractivity contribution in [3.8, 4) is 0 Å². The molecule has 2 heterocycles. The van der Waals surface area contributed by atoms with Gasteiger partial charge in [0.05, 0.1) is 6.04 Å². The zero-order chi connectivity index (χ0) is 7.14. The van der Waals surface area contributed by atoms with Crippen LogP contribution in [-0.2, 0) is 4.74 Å². The van der Waals surface area contributed by atoms with Crippen molar-refractivity contribution < 1.29 is 9.53 Å². The van der Waals surface area contributed by atoms with Crippen LogP contribution in [0.4, 0.5) is 4.79 Å². The number of carbonyl (C=O) groups excluding carboxylic acids is 1. The fourth-order valence-corrected chi connectivity index (χ4v) is 1.50. The maximum absolute atomic E-state index is 10.9. The molecule has 2 aliphatic heterocycles. The summed E-state index contributed by atoms with van der Waals surface area (Å²) < 4.78 is 5.02. The van der Waals surface area contributed by atoms with Gasteiger partial charge >= 0.3 is 6.09 Å². The Morgan fingerprint density at radius 1 is 1.70 bits per heavy atom. The van der Waals surface area contributed by atoms with Crippen molar-refractivity contribution in [2.24, 2.45) is 0 Å². The minimum atomic E-state index is -0.184. The van der Waals surface area contributed by atoms with Gasteiger partial charge in [-0.05, 0) is 0 Å². The summed E-state index contributed by atoms with van der Waals surface area (Å²) in [5, 5.41) is 3.16. The van der Waals surface area contributed by atoms with E-state index in [-0.39, 0.29) is 18.2 Å². The van der Waals surface area contributed by atoms with Gasteiger partial charge in [-0.3, -0.25) is 0 Å². The van der Waals surface area contributed by atoms with Crippen LogP contribution in [-0.4, -0.2) is 43.3 Å². The quantitative estimate of drug-likeness (QED) is 0.491. The molecular weight excluding hydrogens is 132 g/mol. The Hall–Kier alpha value is -0.770. The lowest BCUT2D eigenvalue weighted by Crippen LogP contribution is -2.33. The summed E-state index contributed by atoms with van der Waals surface area (Å²) >= 11 is 0. The molecule has 10 heavy (non-hydrogen) atoms. The highest BCUT2D eigenvalue weighted by atomic mass is 16.6. The average Bonchev–Trinajstić information content (AvgIpc) is 2.41. The number of ether oxygens (including phenoxy) is 1. The molecule has 0 radical (unpaired) electrons. The first-order chi connectivity index (χ1) is 4.79. The van der Waals surface area contributed by atoms with E-state index >= 15 is 0 Å². The lowest BCUT2D eigenvalue weighted by Gasteiger charge is -2.11. The Morgan fingerprint density at radius 3 is 3.20 bits per heavy atom. The lowest BCUT2D eigenvalue weighted by molar-refractivity contribution is 0.136. The van der Waals surface area contributed by atoms with Gasteiger partial charge in [0.15, 0.2) is 0 Å². The van der Waals surface area contributed by atoms with Crippen molar-refractivity contribution in [3.05, 3.63) is 0 Å². The van der Waals surface area contributed by atoms with Gasteiger partial charge in [-0.25, -0.2) is 4.79 Å². The highest BCUT2D eigenvalue weighted by Gasteiger charge is 2.42. The summed E-state index contributed by atoms with van der Waals surface area (Å²) in [6.45, 7) is 1.67. The van der Waals surface area contributed by atoms with Crippen molar-refractivity contribution in [1.29, 1.82) is 0 Å². The summed E-state index contributed by atoms with van der Waals surface area (Å²) in [5.41, 5.74) is 0. The van der Waals surface area contributed by atoms with E-state index in [1.165, 1.54) is 0 Å². The molecule has 2 atom stereocenters. The second-order valence-electron chi connectivity index (χ2n) is 2.76. The van der Waals surface area contributed by atoms with E-state index in [0.717, 1.165) is 13.1 Å². The van der Waals surface area contributed by atoms with Crippen molar-refractivity contribution >= 4 is 6.09 Å². The Labute approximate surface area is 59.1 Å². The van der Waals surface area contributed by atoms with Crippen LogP contribution in [0.3, 0.4) is 0 Å². The van der Waals surface area contributed by atoms with Crippen LogP contribution in [0.2, 0.25) is 0 Å². The number of carbonyl (C=O) groups is 1. The standard InChI is InChI=1S/C6H10N2O2/c1-8-4-2-7-3-5(4)10-6(8)9/h4-5,7H,2-3H2,1H3. The molecule has 2 saturated heterocycles. The molecule has 2 unspecified atom stereocenters. The second-order valence-corrected chi connectivity index (χ2v) is 2.76. The molecule has 0 spiro atoms. The van der Waals surface area contributed by atoms with E-state index in [1.807, 2.05) is 0 Å². The third-order valence-electron chi connectivity index (χ3n) is 2.17. The monoisotopic (exact) mass is 142 g/mol. The highest BCUT2D eigenvalue weighted by molar-refractivity contribution is 5.70. The molecule has 2 aliphatic rings. The van der Waals surface area contributed by atoms with Crippen LogP contribution in [0.5, 0.6) is 0 Å². The molecule has 0 aromatic carbocycles. The number of fused-ring (bicyclic) bond motifs is 1. The van der Waals surface area contributed by atoms with E-state index in [9.17, 15) is 4.79 Å². The molecule has 2 fully saturated rings. The van der Waals surface area contributed by atoms with Crippen molar-refractivity contribution in [2.75, 3.05) is 20.1 Å². The zero-order valence-corrected chi connectivity index (χ0v) is 5.83. The zero-order valence-electron chi connectivity index (χ0n) is 5.83. The Kier molecular flexibility index (Phi) is 1.11. The Morgan fingerprint density at radius 2 is 2.50 bits per heavy atom. The van der Waals surface area contributed by atoms with E-state index < -0.39 is 0 Å². The normalized spacial score (nSPS) is 38.1. The first kappa shape index (κ1) is 5.97. The number of hydrogen-bond donors (Lipinski definition) is 1. The summed E-state index contributed by atoms with van der Waals surface area (Å²) in [4.78, 5) is 12.5. The van der Waals surface area contributed by atoms with Crippen molar-refractivity contribution in [2.45, 2.75) is 12.1 Å². The summed E-state index contributed by atoms with van der Waals surface area (Å²) in [7, 11) is 1.78. The maximum atomic E-state index is 10.9. The molecule has 1 amide bonds. The number of nitrogens with zero attached hydrogens (tertiary/aromatic N) is 1. The molecule has 0 saturated carbocycles. The maximum Gasteiger partial charge on any atom is 0.410 e. The van der Waals surface area contributed by atoms with Gasteiger partial charge in [-0.15, -0.1) is 0 Å². The number of hydrogen-bond acceptors (Lipinski definition) is 3. The summed E-state index contributed by atoms with van der Waals surface area (Å²) in [6.07, 6.45) is -0.0889. The average molecular weight is 142 g/mol. The largest absolute Gasteiger partial charge is 0.442 e. The summed E-state index contributed by atoms with van der Waals surface area (Å²) in [5.74, 6) is 0. The molecule has 56 valence electrons. The predicted molar refractivity (Wildman–Crippen MR) is 34.7 cm³/mol. The van der Waals surface area contributed by atoms with E-state index in [4.69, 9.17) is 4.74 Å². The van der Waals surface area contributed by atoms with Crippen LogP contribution >= 0.6 is 0 Å². The fraction of sp³-hybridized carbons (Fsp3) is 0.833. The van der Waals surface area contributed by atoms with Gasteiger partial charge < -0.3 is 15.0 Å². The van der Waals surface area contributed by atoms with Crippen LogP contribution in [0, 0.1) is 0 Å². The SMILES string of the molecule is CN1C(=O)OC2CNCC21. The first-order valence-corrected chi connectivity index (χ1v) is 3.43. The van der Waals surface area contributed by atoms with Crippen molar-refractivity contribution in [1.82, 2.24) is 10.2 Å². The Bertz CT molecular complexity index is 171. The van der Waals surface area contributed by atoms with Gasteiger partial charge in [-0.1, -0.05) is 0 Å². The van der Waals surface area contributed by atoms with E-state index in [1.54, 1.807) is 11.9 Å². The van der Waals surface area contributed by atoms with Gasteiger partial charge in [-0.2, -0.15) is 0 Å². The smallest absolute Gasteiger partial charge is 0.410 e. The molecule has 4 nitrogen and oxygen atoms in total. The fourth-order valence-electron chi connectivity index (χ4n) is 1.50. The van der Waals surface area contributed by atoms with Crippen LogP contribution in [0.25, 0.3) is 0 Å². The summed E-state index contributed by atoms with van der Waals surface area (Å²) in [6, 6.07) is 0.271. The minimum absolute atomic E-state index is 0.0949.